The molecule has 1 rings (SSSR count). The predicted molar refractivity (Wildman–Crippen MR) is 135 cm³/mol. The van der Waals surface area contributed by atoms with Crippen molar-refractivity contribution in [3.05, 3.63) is 60.3 Å². The van der Waals surface area contributed by atoms with Crippen LogP contribution in [0.15, 0.2) is 60.3 Å². The third kappa shape index (κ3) is 11.7. The van der Waals surface area contributed by atoms with Gasteiger partial charge in [-0.2, -0.15) is 0 Å². The molecule has 7 nitrogen and oxygen atoms in total. The van der Waals surface area contributed by atoms with Gasteiger partial charge in [0.25, 0.3) is 0 Å². The molecule has 0 bridgehead atoms. The van der Waals surface area contributed by atoms with Crippen LogP contribution in [-0.4, -0.2) is 29.1 Å². The van der Waals surface area contributed by atoms with Gasteiger partial charge in [-0.3, -0.25) is 14.4 Å². The minimum Gasteiger partial charge on any atom is -0.516 e. The minimum absolute atomic E-state index is 0.0684. The molecule has 0 aromatic carbocycles. The van der Waals surface area contributed by atoms with Crippen molar-refractivity contribution < 1.29 is 33.7 Å². The molecule has 1 aliphatic rings. The van der Waals surface area contributed by atoms with E-state index in [-0.39, 0.29) is 42.3 Å². The molecular formula is C28H40O7. The number of carbonyl (C=O) groups excluding carboxylic acids is 3. The molecule has 1 unspecified atom stereocenters. The van der Waals surface area contributed by atoms with E-state index in [1.165, 1.54) is 12.2 Å². The van der Waals surface area contributed by atoms with Crippen molar-refractivity contribution >= 4 is 17.9 Å². The Morgan fingerprint density at radius 3 is 2.29 bits per heavy atom. The standard InChI is InChI=1S/C28H40O7/c1-5-11-21(7-3)27(31)34-23(8-4)13-9-15-26(30)33-25-18-16-22(17-19-25)28(32)35-24(12-6-2)14-10-20-29/h6,8-10,12-14,20-22,25,29H,5,7,11,15-19H2,1-4H3/b12-6-,13-9-,20-10+,23-8+,24-14+. The molecule has 1 aliphatic carbocycles. The minimum atomic E-state index is -0.361. The Balaban J connectivity index is 2.46. The summed E-state index contributed by atoms with van der Waals surface area (Å²) in [5.74, 6) is -0.552. The smallest absolute Gasteiger partial charge is 0.314 e. The zero-order valence-electron chi connectivity index (χ0n) is 21.4. The van der Waals surface area contributed by atoms with E-state index in [1.54, 1.807) is 44.2 Å². The summed E-state index contributed by atoms with van der Waals surface area (Å²) in [4.78, 5) is 36.9. The normalized spacial score (nSPS) is 20.3. The molecule has 0 radical (unpaired) electrons. The Labute approximate surface area is 209 Å². The van der Waals surface area contributed by atoms with E-state index in [0.29, 0.717) is 37.2 Å². The van der Waals surface area contributed by atoms with Gasteiger partial charge in [0, 0.05) is 0 Å². The summed E-state index contributed by atoms with van der Waals surface area (Å²) in [6.45, 7) is 7.58. The molecule has 7 heteroatoms. The van der Waals surface area contributed by atoms with Crippen molar-refractivity contribution in [2.75, 3.05) is 0 Å². The van der Waals surface area contributed by atoms with E-state index in [2.05, 4.69) is 0 Å². The lowest BCUT2D eigenvalue weighted by molar-refractivity contribution is -0.152. The first-order chi connectivity index (χ1) is 16.9. The second kappa shape index (κ2) is 17.4. The third-order valence-corrected chi connectivity index (χ3v) is 5.73. The molecule has 35 heavy (non-hydrogen) atoms. The van der Waals surface area contributed by atoms with Gasteiger partial charge in [-0.05, 0) is 82.8 Å². The molecule has 0 spiro atoms. The van der Waals surface area contributed by atoms with Crippen LogP contribution in [0.1, 0.15) is 79.1 Å². The quantitative estimate of drug-likeness (QED) is 0.139. The molecule has 1 fully saturated rings. The Kier molecular flexibility index (Phi) is 14.9. The van der Waals surface area contributed by atoms with E-state index < -0.39 is 0 Å². The van der Waals surface area contributed by atoms with E-state index in [4.69, 9.17) is 19.3 Å². The van der Waals surface area contributed by atoms with E-state index in [0.717, 1.165) is 25.5 Å². The van der Waals surface area contributed by atoms with Crippen LogP contribution in [0, 0.1) is 11.8 Å². The van der Waals surface area contributed by atoms with Gasteiger partial charge in [0.05, 0.1) is 24.5 Å². The predicted octanol–water partition coefficient (Wildman–Crippen LogP) is 6.38. The molecular weight excluding hydrogens is 448 g/mol. The molecule has 1 saturated carbocycles. The number of hydrogen-bond donors (Lipinski definition) is 1. The highest BCUT2D eigenvalue weighted by molar-refractivity contribution is 5.75. The molecule has 0 aromatic heterocycles. The maximum atomic E-state index is 12.4. The SMILES string of the molecule is C\C=C/C(=C\C=C\O)OC(=O)C1CCC(OC(=O)C/C=C\C(=C/C)OC(=O)C(CC)CCC)CC1. The first-order valence-electron chi connectivity index (χ1n) is 12.5. The van der Waals surface area contributed by atoms with Gasteiger partial charge >= 0.3 is 17.9 Å². The van der Waals surface area contributed by atoms with Crippen LogP contribution in [0.2, 0.25) is 0 Å². The topological polar surface area (TPSA) is 99.1 Å². The fraction of sp³-hybridized carbons (Fsp3) is 0.536. The Morgan fingerprint density at radius 2 is 1.71 bits per heavy atom. The summed E-state index contributed by atoms with van der Waals surface area (Å²) in [7, 11) is 0. The second-order valence-corrected chi connectivity index (χ2v) is 8.41. The monoisotopic (exact) mass is 488 g/mol. The van der Waals surface area contributed by atoms with E-state index in [1.807, 2.05) is 13.8 Å². The number of aliphatic hydroxyl groups is 1. The second-order valence-electron chi connectivity index (χ2n) is 8.41. The molecule has 0 heterocycles. The van der Waals surface area contributed by atoms with Gasteiger partial charge in [-0.15, -0.1) is 0 Å². The molecule has 0 saturated heterocycles. The largest absolute Gasteiger partial charge is 0.516 e. The maximum absolute atomic E-state index is 12.4. The molecule has 1 atom stereocenters. The van der Waals surface area contributed by atoms with Gasteiger partial charge in [-0.1, -0.05) is 32.4 Å². The number of rotatable bonds is 13. The third-order valence-electron chi connectivity index (χ3n) is 5.73. The molecule has 1 N–H and O–H groups in total. The fourth-order valence-electron chi connectivity index (χ4n) is 3.77. The summed E-state index contributed by atoms with van der Waals surface area (Å²) in [6.07, 6.45) is 16.7. The summed E-state index contributed by atoms with van der Waals surface area (Å²) in [6, 6.07) is 0. The van der Waals surface area contributed by atoms with Crippen LogP contribution in [0.25, 0.3) is 0 Å². The highest BCUT2D eigenvalue weighted by Gasteiger charge is 2.29. The van der Waals surface area contributed by atoms with Gasteiger partial charge in [-0.25, -0.2) is 0 Å². The lowest BCUT2D eigenvalue weighted by Crippen LogP contribution is -2.28. The Morgan fingerprint density at radius 1 is 1.00 bits per heavy atom. The number of ether oxygens (including phenoxy) is 3. The average molecular weight is 489 g/mol. The zero-order valence-corrected chi connectivity index (χ0v) is 21.4. The van der Waals surface area contributed by atoms with Gasteiger partial charge < -0.3 is 19.3 Å². The van der Waals surface area contributed by atoms with Gasteiger partial charge in [0.1, 0.15) is 17.6 Å². The number of allylic oxidation sites excluding steroid dienone is 6. The van der Waals surface area contributed by atoms with Crippen LogP contribution in [0.4, 0.5) is 0 Å². The molecule has 0 aromatic rings. The highest BCUT2D eigenvalue weighted by atomic mass is 16.5. The average Bonchev–Trinajstić information content (AvgIpc) is 2.85. The zero-order chi connectivity index (χ0) is 26.1. The highest BCUT2D eigenvalue weighted by Crippen LogP contribution is 2.28. The van der Waals surface area contributed by atoms with Crippen LogP contribution in [-0.2, 0) is 28.6 Å². The van der Waals surface area contributed by atoms with E-state index in [9.17, 15) is 14.4 Å². The van der Waals surface area contributed by atoms with Crippen LogP contribution in [0.3, 0.4) is 0 Å². The maximum Gasteiger partial charge on any atom is 0.314 e. The van der Waals surface area contributed by atoms with Crippen LogP contribution in [0.5, 0.6) is 0 Å². The first-order valence-corrected chi connectivity index (χ1v) is 12.5. The summed E-state index contributed by atoms with van der Waals surface area (Å²) < 4.78 is 16.4. The summed E-state index contributed by atoms with van der Waals surface area (Å²) >= 11 is 0. The Hall–Kier alpha value is -3.09. The number of hydrogen-bond acceptors (Lipinski definition) is 7. The molecule has 0 aliphatic heterocycles. The lowest BCUT2D eigenvalue weighted by Gasteiger charge is -2.27. The van der Waals surface area contributed by atoms with Crippen LogP contribution < -0.4 is 0 Å². The molecule has 0 amide bonds. The fourth-order valence-corrected chi connectivity index (χ4v) is 3.77. The number of carbonyl (C=O) groups is 3. The summed E-state index contributed by atoms with van der Waals surface area (Å²) in [5, 5.41) is 8.78. The van der Waals surface area contributed by atoms with Gasteiger partial charge in [0.2, 0.25) is 0 Å². The first kappa shape index (κ1) is 29.9. The van der Waals surface area contributed by atoms with Gasteiger partial charge in [0.15, 0.2) is 0 Å². The lowest BCUT2D eigenvalue weighted by atomic mass is 9.87. The number of esters is 3. The van der Waals surface area contributed by atoms with Crippen molar-refractivity contribution in [3.8, 4) is 0 Å². The van der Waals surface area contributed by atoms with Crippen molar-refractivity contribution in [2.24, 2.45) is 11.8 Å². The van der Waals surface area contributed by atoms with Crippen molar-refractivity contribution in [3.63, 3.8) is 0 Å². The van der Waals surface area contributed by atoms with Crippen molar-refractivity contribution in [1.82, 2.24) is 0 Å². The van der Waals surface area contributed by atoms with Crippen molar-refractivity contribution in [1.29, 1.82) is 0 Å². The summed E-state index contributed by atoms with van der Waals surface area (Å²) in [5.41, 5.74) is 0. The number of aliphatic hydroxyl groups excluding tert-OH is 1. The van der Waals surface area contributed by atoms with Crippen LogP contribution >= 0.6 is 0 Å². The van der Waals surface area contributed by atoms with E-state index >= 15 is 0 Å². The van der Waals surface area contributed by atoms with Crippen molar-refractivity contribution in [2.45, 2.75) is 85.2 Å². The molecule has 194 valence electrons. The Bertz CT molecular complexity index is 824.